The SMILES string of the molecule is CCOc1cc(/C=C2\SC(=O)N(Cc3ccc(F)cc3Cl)C2=O)cc(Br)c1OC(=O)c1ccc(Cl)cc1. The molecule has 0 bridgehead atoms. The molecule has 1 saturated heterocycles. The van der Waals surface area contributed by atoms with Crippen molar-refractivity contribution in [1.29, 1.82) is 0 Å². The van der Waals surface area contributed by atoms with E-state index >= 15 is 0 Å². The number of esters is 1. The third-order valence-corrected chi connectivity index (χ3v) is 7.22. The quantitative estimate of drug-likeness (QED) is 0.152. The van der Waals surface area contributed by atoms with Crippen molar-refractivity contribution >= 4 is 74.1 Å². The van der Waals surface area contributed by atoms with Crippen molar-refractivity contribution in [2.75, 3.05) is 6.61 Å². The number of nitrogens with zero attached hydrogens (tertiary/aromatic N) is 1. The lowest BCUT2D eigenvalue weighted by Crippen LogP contribution is -2.27. The first-order chi connectivity index (χ1) is 17.7. The number of amides is 2. The topological polar surface area (TPSA) is 72.9 Å². The molecule has 11 heteroatoms. The van der Waals surface area contributed by atoms with Gasteiger partial charge in [0.25, 0.3) is 11.1 Å². The molecule has 190 valence electrons. The van der Waals surface area contributed by atoms with E-state index in [2.05, 4.69) is 15.9 Å². The third-order valence-electron chi connectivity index (χ3n) is 5.12. The molecule has 0 saturated carbocycles. The monoisotopic (exact) mass is 623 g/mol. The lowest BCUT2D eigenvalue weighted by molar-refractivity contribution is -0.123. The van der Waals surface area contributed by atoms with E-state index in [4.69, 9.17) is 32.7 Å². The summed E-state index contributed by atoms with van der Waals surface area (Å²) in [6.45, 7) is 1.97. The Morgan fingerprint density at radius 1 is 1.11 bits per heavy atom. The van der Waals surface area contributed by atoms with E-state index in [0.29, 0.717) is 26.2 Å². The second-order valence-electron chi connectivity index (χ2n) is 7.66. The number of benzene rings is 3. The van der Waals surface area contributed by atoms with Crippen LogP contribution in [-0.4, -0.2) is 28.6 Å². The molecular formula is C26H17BrCl2FNO5S. The summed E-state index contributed by atoms with van der Waals surface area (Å²) >= 11 is 16.1. The molecule has 3 aromatic rings. The normalized spacial score (nSPS) is 14.4. The Hall–Kier alpha value is -2.85. The number of hydrogen-bond donors (Lipinski definition) is 0. The Balaban J connectivity index is 1.58. The van der Waals surface area contributed by atoms with Crippen LogP contribution in [0, 0.1) is 5.82 Å². The van der Waals surface area contributed by atoms with Gasteiger partial charge in [-0.15, -0.1) is 0 Å². The first kappa shape index (κ1) is 27.2. The van der Waals surface area contributed by atoms with Gasteiger partial charge < -0.3 is 9.47 Å². The van der Waals surface area contributed by atoms with Crippen molar-refractivity contribution in [2.24, 2.45) is 0 Å². The molecule has 1 aliphatic rings. The Morgan fingerprint density at radius 2 is 1.84 bits per heavy atom. The van der Waals surface area contributed by atoms with Gasteiger partial charge in [-0.25, -0.2) is 9.18 Å². The minimum Gasteiger partial charge on any atom is -0.490 e. The Labute approximate surface area is 234 Å². The van der Waals surface area contributed by atoms with Crippen LogP contribution in [0.3, 0.4) is 0 Å². The molecule has 0 unspecified atom stereocenters. The minimum absolute atomic E-state index is 0.0887. The van der Waals surface area contributed by atoms with Crippen LogP contribution >= 0.6 is 50.9 Å². The number of imide groups is 1. The molecule has 0 aromatic heterocycles. The molecule has 3 aromatic carbocycles. The molecule has 0 atom stereocenters. The summed E-state index contributed by atoms with van der Waals surface area (Å²) in [4.78, 5) is 39.4. The lowest BCUT2D eigenvalue weighted by atomic mass is 10.1. The molecule has 0 aliphatic carbocycles. The van der Waals surface area contributed by atoms with Crippen molar-refractivity contribution < 1.29 is 28.2 Å². The number of carbonyl (C=O) groups excluding carboxylic acids is 3. The van der Waals surface area contributed by atoms with E-state index in [0.717, 1.165) is 22.7 Å². The fraction of sp³-hybridized carbons (Fsp3) is 0.115. The second kappa shape index (κ2) is 11.7. The number of halogens is 4. The van der Waals surface area contributed by atoms with Crippen LogP contribution < -0.4 is 9.47 Å². The summed E-state index contributed by atoms with van der Waals surface area (Å²) in [5, 5.41) is 0.133. The number of carbonyl (C=O) groups is 3. The highest BCUT2D eigenvalue weighted by Crippen LogP contribution is 2.40. The molecular weight excluding hydrogens is 608 g/mol. The molecule has 0 spiro atoms. The van der Waals surface area contributed by atoms with Crippen LogP contribution in [0.5, 0.6) is 11.5 Å². The van der Waals surface area contributed by atoms with E-state index < -0.39 is 22.9 Å². The lowest BCUT2D eigenvalue weighted by Gasteiger charge is -2.14. The predicted octanol–water partition coefficient (Wildman–Crippen LogP) is 7.75. The van der Waals surface area contributed by atoms with Crippen LogP contribution in [0.4, 0.5) is 9.18 Å². The highest BCUT2D eigenvalue weighted by atomic mass is 79.9. The Bertz CT molecular complexity index is 1430. The van der Waals surface area contributed by atoms with Crippen molar-refractivity contribution in [2.45, 2.75) is 13.5 Å². The highest BCUT2D eigenvalue weighted by molar-refractivity contribution is 9.10. The molecule has 1 heterocycles. The molecule has 0 radical (unpaired) electrons. The van der Waals surface area contributed by atoms with Crippen molar-refractivity contribution in [3.63, 3.8) is 0 Å². The van der Waals surface area contributed by atoms with Gasteiger partial charge in [-0.3, -0.25) is 14.5 Å². The summed E-state index contributed by atoms with van der Waals surface area (Å²) in [7, 11) is 0. The molecule has 4 rings (SSSR count). The predicted molar refractivity (Wildman–Crippen MR) is 145 cm³/mol. The second-order valence-corrected chi connectivity index (χ2v) is 10.4. The maximum Gasteiger partial charge on any atom is 0.343 e. The van der Waals surface area contributed by atoms with Gasteiger partial charge in [0, 0.05) is 10.0 Å². The van der Waals surface area contributed by atoms with Gasteiger partial charge in [0.1, 0.15) is 5.82 Å². The van der Waals surface area contributed by atoms with E-state index in [1.165, 1.54) is 18.2 Å². The average molecular weight is 625 g/mol. The zero-order chi connectivity index (χ0) is 26.7. The third kappa shape index (κ3) is 6.35. The fourth-order valence-corrected chi connectivity index (χ4v) is 5.11. The van der Waals surface area contributed by atoms with Crippen molar-refractivity contribution in [1.82, 2.24) is 4.90 Å². The number of rotatable bonds is 7. The van der Waals surface area contributed by atoms with Crippen LogP contribution in [0.15, 0.2) is 64.0 Å². The average Bonchev–Trinajstić information content (AvgIpc) is 3.10. The minimum atomic E-state index is -0.605. The van der Waals surface area contributed by atoms with E-state index in [9.17, 15) is 18.8 Å². The largest absolute Gasteiger partial charge is 0.490 e. The summed E-state index contributed by atoms with van der Waals surface area (Å²) in [5.41, 5.74) is 1.28. The maximum absolute atomic E-state index is 13.3. The van der Waals surface area contributed by atoms with Crippen molar-refractivity contribution in [3.05, 3.63) is 96.5 Å². The Kier molecular flexibility index (Phi) is 8.59. The van der Waals surface area contributed by atoms with E-state index in [1.807, 2.05) is 0 Å². The van der Waals surface area contributed by atoms with Crippen LogP contribution in [-0.2, 0) is 11.3 Å². The number of hydrogen-bond acceptors (Lipinski definition) is 6. The maximum atomic E-state index is 13.3. The van der Waals surface area contributed by atoms with Gasteiger partial charge >= 0.3 is 5.97 Å². The fourth-order valence-electron chi connectivity index (χ4n) is 3.38. The van der Waals surface area contributed by atoms with Gasteiger partial charge in [0.15, 0.2) is 11.5 Å². The zero-order valence-electron chi connectivity index (χ0n) is 19.1. The number of thioether (sulfide) groups is 1. The molecule has 37 heavy (non-hydrogen) atoms. The van der Waals surface area contributed by atoms with Gasteiger partial charge in [0.2, 0.25) is 0 Å². The molecule has 0 N–H and O–H groups in total. The van der Waals surface area contributed by atoms with E-state index in [1.54, 1.807) is 43.3 Å². The van der Waals surface area contributed by atoms with E-state index in [-0.39, 0.29) is 34.6 Å². The van der Waals surface area contributed by atoms with Gasteiger partial charge in [-0.2, -0.15) is 0 Å². The van der Waals surface area contributed by atoms with Crippen LogP contribution in [0.1, 0.15) is 28.4 Å². The standard InChI is InChI=1S/C26H17BrCl2FNO5S/c1-2-35-21-10-14(9-19(27)23(21)36-25(33)15-3-6-17(28)7-4-15)11-22-24(32)31(26(34)37-22)13-16-5-8-18(30)12-20(16)29/h3-12H,2,13H2,1H3/b22-11-. The van der Waals surface area contributed by atoms with Crippen LogP contribution in [0.25, 0.3) is 6.08 Å². The molecule has 1 aliphatic heterocycles. The first-order valence-electron chi connectivity index (χ1n) is 10.8. The van der Waals surface area contributed by atoms with Gasteiger partial charge in [-0.05, 0) is 100 Å². The highest BCUT2D eigenvalue weighted by Gasteiger charge is 2.35. The smallest absolute Gasteiger partial charge is 0.343 e. The van der Waals surface area contributed by atoms with Gasteiger partial charge in [-0.1, -0.05) is 29.3 Å². The van der Waals surface area contributed by atoms with Crippen molar-refractivity contribution in [3.8, 4) is 11.5 Å². The summed E-state index contributed by atoms with van der Waals surface area (Å²) in [6, 6.07) is 13.3. The summed E-state index contributed by atoms with van der Waals surface area (Å²) in [6.07, 6.45) is 1.54. The molecule has 2 amide bonds. The summed E-state index contributed by atoms with van der Waals surface area (Å²) < 4.78 is 25.0. The first-order valence-corrected chi connectivity index (χ1v) is 13.2. The Morgan fingerprint density at radius 3 is 2.51 bits per heavy atom. The van der Waals surface area contributed by atoms with Crippen LogP contribution in [0.2, 0.25) is 10.0 Å². The zero-order valence-corrected chi connectivity index (χ0v) is 23.0. The summed E-state index contributed by atoms with van der Waals surface area (Å²) in [5.74, 6) is -1.20. The van der Waals surface area contributed by atoms with Gasteiger partial charge in [0.05, 0.1) is 28.1 Å². The molecule has 6 nitrogen and oxygen atoms in total. The number of ether oxygens (including phenoxy) is 2. The molecule has 1 fully saturated rings.